The third kappa shape index (κ3) is 3.89. The topological polar surface area (TPSA) is 161 Å². The summed E-state index contributed by atoms with van der Waals surface area (Å²) < 4.78 is 0. The number of β-lactam (4-membered cyclic amide) rings is 1. The SMILES string of the molecule is C=C(C1=C(C(=O)[O-])N2C(=O)[C@@H](NC(=O)/C(=N\O)c3csc(N)n3)[C@@H]2SC1)C1CC1.[Na+]. The van der Waals surface area contributed by atoms with Gasteiger partial charge in [-0.15, -0.1) is 23.1 Å². The van der Waals surface area contributed by atoms with Crippen molar-refractivity contribution < 1.29 is 54.3 Å². The average molecular weight is 457 g/mol. The minimum absolute atomic E-state index is 0. The predicted octanol–water partition coefficient (Wildman–Crippen LogP) is -3.72. The van der Waals surface area contributed by atoms with Crippen molar-refractivity contribution in [3.05, 3.63) is 34.5 Å². The average Bonchev–Trinajstić information content (AvgIpc) is 3.46. The monoisotopic (exact) mass is 457 g/mol. The first kappa shape index (κ1) is 22.8. The van der Waals surface area contributed by atoms with Gasteiger partial charge >= 0.3 is 29.6 Å². The molecule has 1 saturated carbocycles. The van der Waals surface area contributed by atoms with Gasteiger partial charge in [0.15, 0.2) is 10.8 Å². The van der Waals surface area contributed by atoms with Crippen molar-refractivity contribution >= 4 is 51.7 Å². The molecule has 2 amide bonds. The summed E-state index contributed by atoms with van der Waals surface area (Å²) in [4.78, 5) is 41.9. The van der Waals surface area contributed by atoms with E-state index in [2.05, 4.69) is 22.0 Å². The summed E-state index contributed by atoms with van der Waals surface area (Å²) in [6.45, 7) is 3.99. The summed E-state index contributed by atoms with van der Waals surface area (Å²) in [7, 11) is 0. The minimum atomic E-state index is -1.44. The summed E-state index contributed by atoms with van der Waals surface area (Å²) in [5.41, 5.74) is 6.28. The third-order valence-electron chi connectivity index (χ3n) is 4.99. The van der Waals surface area contributed by atoms with E-state index in [0.717, 1.165) is 34.7 Å². The van der Waals surface area contributed by atoms with Crippen LogP contribution in [0.1, 0.15) is 18.5 Å². The Morgan fingerprint density at radius 3 is 2.67 bits per heavy atom. The minimum Gasteiger partial charge on any atom is -0.543 e. The molecule has 0 radical (unpaired) electrons. The van der Waals surface area contributed by atoms with Crippen molar-refractivity contribution in [2.75, 3.05) is 11.5 Å². The second kappa shape index (κ2) is 8.71. The molecular weight excluding hydrogens is 441 g/mol. The van der Waals surface area contributed by atoms with Crippen molar-refractivity contribution in [3.8, 4) is 0 Å². The molecule has 2 aliphatic heterocycles. The maximum atomic E-state index is 12.7. The molecule has 1 aromatic rings. The van der Waals surface area contributed by atoms with Gasteiger partial charge in [-0.2, -0.15) is 0 Å². The normalized spacial score (nSPS) is 23.3. The number of aliphatic carboxylic acids is 1. The number of hydrogen-bond donors (Lipinski definition) is 3. The number of nitrogens with one attached hydrogen (secondary N) is 1. The number of carboxylic acids is 1. The number of anilines is 1. The molecule has 152 valence electrons. The number of thioether (sulfide) groups is 1. The summed E-state index contributed by atoms with van der Waals surface area (Å²) in [6, 6.07) is -0.967. The van der Waals surface area contributed by atoms with Crippen LogP contribution in [0, 0.1) is 5.92 Å². The second-order valence-electron chi connectivity index (χ2n) is 6.79. The molecule has 1 saturated heterocycles. The van der Waals surface area contributed by atoms with Crippen molar-refractivity contribution in [3.63, 3.8) is 0 Å². The molecule has 30 heavy (non-hydrogen) atoms. The van der Waals surface area contributed by atoms with Gasteiger partial charge in [-0.3, -0.25) is 14.5 Å². The molecule has 4 rings (SSSR count). The van der Waals surface area contributed by atoms with E-state index in [1.165, 1.54) is 17.1 Å². The number of nitrogens with two attached hydrogens (primary N) is 1. The van der Waals surface area contributed by atoms with Crippen LogP contribution in [0.25, 0.3) is 0 Å². The van der Waals surface area contributed by atoms with E-state index in [0.29, 0.717) is 11.3 Å². The van der Waals surface area contributed by atoms with Gasteiger partial charge in [0.25, 0.3) is 11.8 Å². The number of hydrogen-bond acceptors (Lipinski definition) is 10. The van der Waals surface area contributed by atoms with E-state index in [9.17, 15) is 24.7 Å². The molecule has 0 aromatic carbocycles. The Bertz CT molecular complexity index is 1000. The molecule has 1 aliphatic carbocycles. The van der Waals surface area contributed by atoms with E-state index in [1.807, 2.05) is 0 Å². The molecule has 0 spiro atoms. The number of carboxylic acid groups (broad SMARTS) is 1. The molecule has 2 atom stereocenters. The zero-order valence-electron chi connectivity index (χ0n) is 16.0. The zero-order chi connectivity index (χ0) is 20.9. The number of carbonyl (C=O) groups excluding carboxylic acids is 3. The number of carbonyl (C=O) groups is 3. The maximum absolute atomic E-state index is 12.7. The smallest absolute Gasteiger partial charge is 0.543 e. The molecule has 3 heterocycles. The quantitative estimate of drug-likeness (QED) is 0.129. The van der Waals surface area contributed by atoms with Crippen LogP contribution in [0.3, 0.4) is 0 Å². The van der Waals surface area contributed by atoms with Gasteiger partial charge in [0.1, 0.15) is 17.1 Å². The number of nitrogens with zero attached hydrogens (tertiary/aromatic N) is 3. The standard InChI is InChI=1S/C17H17N5O5S2.Na/c1-6(7-2-3-7)8-4-28-15-11(14(24)22(15)12(8)16(25)26)20-13(23)10(21-27)9-5-29-17(18)19-9;/h5,7,11,15,27H,1-4H2,(H2,18,19)(H,20,23)(H,25,26);/q;+1/p-1/b21-10-;/t11-,15+;/m1./s1. The van der Waals surface area contributed by atoms with Crippen LogP contribution in [0.15, 0.2) is 34.0 Å². The summed E-state index contributed by atoms with van der Waals surface area (Å²) in [5.74, 6) is -2.24. The Balaban J connectivity index is 0.00000256. The fourth-order valence-corrected chi connectivity index (χ4v) is 5.29. The molecule has 1 aromatic heterocycles. The Kier molecular flexibility index (Phi) is 6.63. The number of rotatable bonds is 6. The van der Waals surface area contributed by atoms with Gasteiger partial charge in [0.05, 0.1) is 11.7 Å². The Morgan fingerprint density at radius 2 is 2.13 bits per heavy atom. The molecule has 10 nitrogen and oxygen atoms in total. The van der Waals surface area contributed by atoms with Crippen LogP contribution in [0.4, 0.5) is 5.13 Å². The number of fused-ring (bicyclic) bond motifs is 1. The number of aromatic nitrogens is 1. The fraction of sp³-hybridized carbons (Fsp3) is 0.353. The molecule has 0 unspecified atom stereocenters. The Morgan fingerprint density at radius 1 is 1.43 bits per heavy atom. The van der Waals surface area contributed by atoms with Crippen molar-refractivity contribution in [1.82, 2.24) is 15.2 Å². The van der Waals surface area contributed by atoms with Gasteiger partial charge in [-0.05, 0) is 29.9 Å². The fourth-order valence-electron chi connectivity index (χ4n) is 3.35. The van der Waals surface area contributed by atoms with E-state index < -0.39 is 29.2 Å². The summed E-state index contributed by atoms with van der Waals surface area (Å²) >= 11 is 2.40. The van der Waals surface area contributed by atoms with Crippen LogP contribution in [-0.4, -0.2) is 55.8 Å². The van der Waals surface area contributed by atoms with Gasteiger partial charge in [0.2, 0.25) is 0 Å². The van der Waals surface area contributed by atoms with Crippen molar-refractivity contribution in [2.24, 2.45) is 11.1 Å². The van der Waals surface area contributed by atoms with Crippen LogP contribution in [-0.2, 0) is 14.4 Å². The van der Waals surface area contributed by atoms with Gasteiger partial charge in [-0.1, -0.05) is 11.7 Å². The van der Waals surface area contributed by atoms with Crippen LogP contribution >= 0.6 is 23.1 Å². The summed E-state index contributed by atoms with van der Waals surface area (Å²) in [6.07, 6.45) is 1.90. The van der Waals surface area contributed by atoms with E-state index in [1.54, 1.807) is 0 Å². The number of nitrogen functional groups attached to an aromatic ring is 1. The number of allylic oxidation sites excluding steroid dienone is 1. The van der Waals surface area contributed by atoms with Crippen molar-refractivity contribution in [1.29, 1.82) is 0 Å². The number of thiazole rings is 1. The number of oxime groups is 1. The molecule has 0 bridgehead atoms. The van der Waals surface area contributed by atoms with E-state index >= 15 is 0 Å². The first-order chi connectivity index (χ1) is 13.8. The first-order valence-electron chi connectivity index (χ1n) is 8.66. The van der Waals surface area contributed by atoms with Gasteiger partial charge in [-0.25, -0.2) is 4.98 Å². The molecule has 4 N–H and O–H groups in total. The molecular formula is C17H16N5NaO5S2. The first-order valence-corrected chi connectivity index (χ1v) is 10.6. The van der Waals surface area contributed by atoms with Crippen LogP contribution in [0.2, 0.25) is 0 Å². The maximum Gasteiger partial charge on any atom is 1.00 e. The van der Waals surface area contributed by atoms with Crippen LogP contribution < -0.4 is 45.7 Å². The zero-order valence-corrected chi connectivity index (χ0v) is 19.6. The van der Waals surface area contributed by atoms with Gasteiger partial charge < -0.3 is 26.2 Å². The predicted molar refractivity (Wildman–Crippen MR) is 104 cm³/mol. The number of amides is 2. The molecule has 13 heteroatoms. The Labute approximate surface area is 201 Å². The largest absolute Gasteiger partial charge is 1.00 e. The van der Waals surface area contributed by atoms with E-state index in [-0.39, 0.29) is 57.7 Å². The third-order valence-corrected chi connectivity index (χ3v) is 6.94. The molecule has 2 fully saturated rings. The van der Waals surface area contributed by atoms with E-state index in [4.69, 9.17) is 5.73 Å². The second-order valence-corrected chi connectivity index (χ2v) is 8.79. The van der Waals surface area contributed by atoms with Gasteiger partial charge in [0, 0.05) is 11.1 Å². The Hall–Kier alpha value is -1.86. The molecule has 3 aliphatic rings. The van der Waals surface area contributed by atoms with Crippen LogP contribution in [0.5, 0.6) is 0 Å². The summed E-state index contributed by atoms with van der Waals surface area (Å²) in [5, 5.41) is 27.4. The van der Waals surface area contributed by atoms with Crippen molar-refractivity contribution in [2.45, 2.75) is 24.3 Å².